The van der Waals surface area contributed by atoms with E-state index in [9.17, 15) is 4.79 Å². The zero-order chi connectivity index (χ0) is 7.61. The van der Waals surface area contributed by atoms with Gasteiger partial charge in [-0.2, -0.15) is 0 Å². The van der Waals surface area contributed by atoms with E-state index < -0.39 is 11.6 Å². The molecule has 1 N–H and O–H groups in total. The lowest BCUT2D eigenvalue weighted by molar-refractivity contribution is -0.143. The van der Waals surface area contributed by atoms with Crippen LogP contribution in [0, 0.1) is 0 Å². The normalized spacial score (nSPS) is 30.1. The van der Waals surface area contributed by atoms with Crippen LogP contribution in [0.4, 0.5) is 0 Å². The zero-order valence-electron chi connectivity index (χ0n) is 6.09. The first-order valence-electron chi connectivity index (χ1n) is 3.58. The Hall–Kier alpha value is -0.570. The van der Waals surface area contributed by atoms with Gasteiger partial charge >= 0.3 is 5.97 Å². The molecule has 0 aromatic heterocycles. The second-order valence-electron chi connectivity index (χ2n) is 2.69. The van der Waals surface area contributed by atoms with Crippen LogP contribution in [0.15, 0.2) is 0 Å². The number of epoxide rings is 1. The van der Waals surface area contributed by atoms with Crippen LogP contribution in [-0.2, 0) is 9.53 Å². The summed E-state index contributed by atoms with van der Waals surface area (Å²) < 4.78 is 4.86. The molecule has 0 aliphatic carbocycles. The van der Waals surface area contributed by atoms with Crippen LogP contribution in [0.5, 0.6) is 0 Å². The summed E-state index contributed by atoms with van der Waals surface area (Å²) in [6.07, 6.45) is 2.63. The van der Waals surface area contributed by atoms with Crippen molar-refractivity contribution in [2.24, 2.45) is 0 Å². The maximum atomic E-state index is 10.5. The van der Waals surface area contributed by atoms with Crippen LogP contribution in [-0.4, -0.2) is 23.3 Å². The number of hydrogen-bond donors (Lipinski definition) is 1. The largest absolute Gasteiger partial charge is 0.479 e. The van der Waals surface area contributed by atoms with Crippen molar-refractivity contribution in [3.05, 3.63) is 0 Å². The van der Waals surface area contributed by atoms with Gasteiger partial charge in [0.15, 0.2) is 5.60 Å². The second kappa shape index (κ2) is 2.58. The number of unbranched alkanes of at least 4 members (excludes halogenated alkanes) is 1. The van der Waals surface area contributed by atoms with E-state index in [4.69, 9.17) is 9.84 Å². The minimum Gasteiger partial charge on any atom is -0.479 e. The fourth-order valence-corrected chi connectivity index (χ4v) is 0.924. The summed E-state index contributed by atoms with van der Waals surface area (Å²) in [6, 6.07) is 0. The average molecular weight is 144 g/mol. The highest BCUT2D eigenvalue weighted by Gasteiger charge is 2.51. The fraction of sp³-hybridized carbons (Fsp3) is 0.857. The number of rotatable bonds is 4. The molecule has 1 saturated heterocycles. The van der Waals surface area contributed by atoms with Gasteiger partial charge in [-0.3, -0.25) is 0 Å². The van der Waals surface area contributed by atoms with Gasteiger partial charge in [-0.15, -0.1) is 0 Å². The van der Waals surface area contributed by atoms with E-state index in [1.165, 1.54) is 0 Å². The number of carboxylic acids is 1. The molecule has 1 fully saturated rings. The summed E-state index contributed by atoms with van der Waals surface area (Å²) in [5, 5.41) is 8.61. The van der Waals surface area contributed by atoms with E-state index in [0.29, 0.717) is 13.0 Å². The number of aliphatic carboxylic acids is 1. The third kappa shape index (κ3) is 1.29. The Morgan fingerprint density at radius 3 is 2.70 bits per heavy atom. The van der Waals surface area contributed by atoms with Gasteiger partial charge < -0.3 is 9.84 Å². The first kappa shape index (κ1) is 7.54. The SMILES string of the molecule is CCCCC1(C(=O)O)CO1. The molecule has 1 unspecified atom stereocenters. The van der Waals surface area contributed by atoms with Crippen molar-refractivity contribution in [3.8, 4) is 0 Å². The molecule has 58 valence electrons. The van der Waals surface area contributed by atoms with Crippen LogP contribution in [0.1, 0.15) is 26.2 Å². The molecule has 0 spiro atoms. The van der Waals surface area contributed by atoms with Gasteiger partial charge in [0, 0.05) is 0 Å². The Labute approximate surface area is 60.0 Å². The van der Waals surface area contributed by atoms with Gasteiger partial charge in [-0.05, 0) is 6.42 Å². The molecular weight excluding hydrogens is 132 g/mol. The van der Waals surface area contributed by atoms with E-state index in [1.807, 2.05) is 6.92 Å². The third-order valence-electron chi connectivity index (χ3n) is 1.82. The van der Waals surface area contributed by atoms with Gasteiger partial charge in [0.2, 0.25) is 0 Å². The van der Waals surface area contributed by atoms with Crippen molar-refractivity contribution < 1.29 is 14.6 Å². The highest BCUT2D eigenvalue weighted by molar-refractivity contribution is 5.80. The van der Waals surface area contributed by atoms with Crippen molar-refractivity contribution in [1.29, 1.82) is 0 Å². The zero-order valence-corrected chi connectivity index (χ0v) is 6.09. The Bertz CT molecular complexity index is 138. The molecule has 3 nitrogen and oxygen atoms in total. The van der Waals surface area contributed by atoms with Crippen molar-refractivity contribution >= 4 is 5.97 Å². The van der Waals surface area contributed by atoms with Gasteiger partial charge in [-0.25, -0.2) is 4.79 Å². The molecule has 0 aromatic carbocycles. The van der Waals surface area contributed by atoms with Crippen molar-refractivity contribution in [2.75, 3.05) is 6.61 Å². The Morgan fingerprint density at radius 1 is 1.80 bits per heavy atom. The fourth-order valence-electron chi connectivity index (χ4n) is 0.924. The van der Waals surface area contributed by atoms with E-state index in [2.05, 4.69) is 0 Å². The molecule has 1 atom stereocenters. The highest BCUT2D eigenvalue weighted by Crippen LogP contribution is 2.32. The predicted molar refractivity (Wildman–Crippen MR) is 35.8 cm³/mol. The monoisotopic (exact) mass is 144 g/mol. The van der Waals surface area contributed by atoms with E-state index >= 15 is 0 Å². The summed E-state index contributed by atoms with van der Waals surface area (Å²) in [5.74, 6) is -0.805. The minimum absolute atomic E-state index is 0.405. The molecule has 0 bridgehead atoms. The molecule has 1 aliphatic heterocycles. The Morgan fingerprint density at radius 2 is 2.40 bits per heavy atom. The predicted octanol–water partition coefficient (Wildman–Crippen LogP) is 1.03. The van der Waals surface area contributed by atoms with E-state index in [1.54, 1.807) is 0 Å². The van der Waals surface area contributed by atoms with Gasteiger partial charge in [0.1, 0.15) is 0 Å². The smallest absolute Gasteiger partial charge is 0.338 e. The number of ether oxygens (including phenoxy) is 1. The van der Waals surface area contributed by atoms with Crippen molar-refractivity contribution in [1.82, 2.24) is 0 Å². The lowest BCUT2D eigenvalue weighted by Crippen LogP contribution is -2.23. The van der Waals surface area contributed by atoms with Gasteiger partial charge in [0.25, 0.3) is 0 Å². The maximum absolute atomic E-state index is 10.5. The molecule has 1 aliphatic rings. The lowest BCUT2D eigenvalue weighted by atomic mass is 10.0. The van der Waals surface area contributed by atoms with Crippen LogP contribution >= 0.6 is 0 Å². The van der Waals surface area contributed by atoms with E-state index in [0.717, 1.165) is 12.8 Å². The molecular formula is C7H12O3. The van der Waals surface area contributed by atoms with Crippen LogP contribution in [0.25, 0.3) is 0 Å². The number of hydrogen-bond acceptors (Lipinski definition) is 2. The molecule has 0 aromatic rings. The first-order chi connectivity index (χ1) is 4.71. The van der Waals surface area contributed by atoms with Crippen molar-refractivity contribution in [2.45, 2.75) is 31.8 Å². The average Bonchev–Trinajstić information content (AvgIpc) is 2.64. The van der Waals surface area contributed by atoms with Crippen LogP contribution in [0.2, 0.25) is 0 Å². The Kier molecular flexibility index (Phi) is 1.94. The molecule has 0 amide bonds. The topological polar surface area (TPSA) is 49.8 Å². The van der Waals surface area contributed by atoms with E-state index in [-0.39, 0.29) is 0 Å². The Balaban J connectivity index is 2.31. The summed E-state index contributed by atoms with van der Waals surface area (Å²) in [7, 11) is 0. The standard InChI is InChI=1S/C7H12O3/c1-2-3-4-7(5-10-7)6(8)9/h2-5H2,1H3,(H,8,9). The number of carboxylic acid groups (broad SMARTS) is 1. The van der Waals surface area contributed by atoms with Gasteiger partial charge in [0.05, 0.1) is 6.61 Å². The van der Waals surface area contributed by atoms with Gasteiger partial charge in [-0.1, -0.05) is 19.8 Å². The highest BCUT2D eigenvalue weighted by atomic mass is 16.6. The second-order valence-corrected chi connectivity index (χ2v) is 2.69. The molecule has 3 heteroatoms. The number of carbonyl (C=O) groups is 1. The summed E-state index contributed by atoms with van der Waals surface area (Å²) in [6.45, 7) is 2.44. The van der Waals surface area contributed by atoms with Crippen LogP contribution < -0.4 is 0 Å². The lowest BCUT2D eigenvalue weighted by Gasteiger charge is -2.02. The quantitative estimate of drug-likeness (QED) is 0.599. The molecule has 0 radical (unpaired) electrons. The maximum Gasteiger partial charge on any atom is 0.338 e. The summed E-state index contributed by atoms with van der Waals surface area (Å²) in [5.41, 5.74) is -0.782. The third-order valence-corrected chi connectivity index (χ3v) is 1.82. The summed E-state index contributed by atoms with van der Waals surface area (Å²) >= 11 is 0. The first-order valence-corrected chi connectivity index (χ1v) is 3.58. The molecule has 1 heterocycles. The van der Waals surface area contributed by atoms with Crippen molar-refractivity contribution in [3.63, 3.8) is 0 Å². The minimum atomic E-state index is -0.805. The molecule has 1 rings (SSSR count). The van der Waals surface area contributed by atoms with Crippen LogP contribution in [0.3, 0.4) is 0 Å². The summed E-state index contributed by atoms with van der Waals surface area (Å²) in [4.78, 5) is 10.5. The molecule has 10 heavy (non-hydrogen) atoms. The molecule has 0 saturated carbocycles.